The Morgan fingerprint density at radius 3 is 2.25 bits per heavy atom. The van der Waals surface area contributed by atoms with Crippen molar-refractivity contribution in [3.63, 3.8) is 0 Å². The van der Waals surface area contributed by atoms with Crippen LogP contribution in [-0.4, -0.2) is 24.5 Å². The molecule has 0 radical (unpaired) electrons. The molecule has 0 aliphatic carbocycles. The molecule has 1 aliphatic heterocycles. The zero-order valence-electron chi connectivity index (χ0n) is 16.5. The molecule has 3 unspecified atom stereocenters. The Morgan fingerprint density at radius 2 is 1.75 bits per heavy atom. The zero-order valence-corrected chi connectivity index (χ0v) is 20.3. The van der Waals surface area contributed by atoms with Crippen LogP contribution in [0.25, 0.3) is 0 Å². The summed E-state index contributed by atoms with van der Waals surface area (Å²) in [4.78, 5) is 17.1. The maximum atomic E-state index is 14.8. The minimum absolute atomic E-state index is 0.0169. The Morgan fingerprint density at radius 1 is 1.16 bits per heavy atom. The lowest BCUT2D eigenvalue weighted by atomic mass is 9.68. The van der Waals surface area contributed by atoms with Crippen molar-refractivity contribution in [3.05, 3.63) is 66.8 Å². The van der Waals surface area contributed by atoms with Crippen molar-refractivity contribution in [2.45, 2.75) is 37.6 Å². The van der Waals surface area contributed by atoms with Crippen LogP contribution in [0.4, 0.5) is 17.6 Å². The topological polar surface area (TPSA) is 38.7 Å². The lowest BCUT2D eigenvalue weighted by Crippen LogP contribution is -2.52. The first kappa shape index (κ1) is 25.3. The molecular formula is C21H15BrCl3F4NO2. The molecule has 0 N–H and O–H groups in total. The number of carbonyl (C=O) groups is 1. The quantitative estimate of drug-likeness (QED) is 0.213. The van der Waals surface area contributed by atoms with Gasteiger partial charge in [0.15, 0.2) is 0 Å². The van der Waals surface area contributed by atoms with Crippen LogP contribution in [0.1, 0.15) is 31.0 Å². The fraction of sp³-hybridized carbons (Fsp3) is 0.333. The molecule has 0 bridgehead atoms. The van der Waals surface area contributed by atoms with E-state index in [0.29, 0.717) is 6.21 Å². The monoisotopic (exact) mass is 573 g/mol. The van der Waals surface area contributed by atoms with Gasteiger partial charge >= 0.3 is 12.1 Å². The average Bonchev–Trinajstić information content (AvgIpc) is 3.09. The van der Waals surface area contributed by atoms with E-state index in [9.17, 15) is 22.4 Å². The SMILES string of the molecule is CC(C)OC(=O)C1C(c2ccc(F)c(Br)c2)N=CC1(c1cc(Cl)c(Cl)c(Cl)c1)C(F)(F)F. The lowest BCUT2D eigenvalue weighted by molar-refractivity contribution is -0.194. The Bertz CT molecular complexity index is 1070. The van der Waals surface area contributed by atoms with E-state index in [1.165, 1.54) is 26.0 Å². The fourth-order valence-electron chi connectivity index (χ4n) is 3.67. The summed E-state index contributed by atoms with van der Waals surface area (Å²) >= 11 is 21.0. The van der Waals surface area contributed by atoms with Crippen LogP contribution in [-0.2, 0) is 14.9 Å². The number of hydrogen-bond donors (Lipinski definition) is 0. The van der Waals surface area contributed by atoms with E-state index in [1.54, 1.807) is 0 Å². The van der Waals surface area contributed by atoms with E-state index < -0.39 is 47.0 Å². The Labute approximate surface area is 204 Å². The van der Waals surface area contributed by atoms with E-state index in [0.717, 1.165) is 18.2 Å². The smallest absolute Gasteiger partial charge is 0.404 e. The Hall–Kier alpha value is -1.35. The van der Waals surface area contributed by atoms with Gasteiger partial charge in [0.05, 0.1) is 31.7 Å². The van der Waals surface area contributed by atoms with Crippen LogP contribution >= 0.6 is 50.7 Å². The predicted octanol–water partition coefficient (Wildman–Crippen LogP) is 7.74. The zero-order chi connectivity index (χ0) is 24.0. The summed E-state index contributed by atoms with van der Waals surface area (Å²) in [5.41, 5.74) is -3.14. The van der Waals surface area contributed by atoms with Gasteiger partial charge in [-0.05, 0) is 65.2 Å². The van der Waals surface area contributed by atoms with E-state index in [-0.39, 0.29) is 25.1 Å². The highest BCUT2D eigenvalue weighted by Gasteiger charge is 2.67. The van der Waals surface area contributed by atoms with Crippen molar-refractivity contribution < 1.29 is 27.1 Å². The Kier molecular flexibility index (Phi) is 7.21. The highest BCUT2D eigenvalue weighted by molar-refractivity contribution is 9.10. The van der Waals surface area contributed by atoms with Gasteiger partial charge in [0.1, 0.15) is 17.2 Å². The standard InChI is InChI=1S/C21H15BrCl3F4NO2/c1-9(2)32-19(31)16-18(10-3-4-15(26)12(22)5-10)30-8-20(16,21(27,28)29)11-6-13(23)17(25)14(24)7-11/h3-9,16,18H,1-2H3. The summed E-state index contributed by atoms with van der Waals surface area (Å²) in [5, 5.41) is -0.546. The third-order valence-corrected chi connectivity index (χ3v) is 6.87. The second-order valence-corrected chi connectivity index (χ2v) is 9.53. The number of aliphatic imine (C=N–C) groups is 1. The third-order valence-electron chi connectivity index (χ3n) is 5.07. The number of rotatable bonds is 4. The lowest BCUT2D eigenvalue weighted by Gasteiger charge is -2.37. The molecule has 3 atom stereocenters. The van der Waals surface area contributed by atoms with Gasteiger partial charge in [0, 0.05) is 6.21 Å². The molecule has 1 aliphatic rings. The summed E-state index contributed by atoms with van der Waals surface area (Å²) in [6, 6.07) is 4.33. The number of halogens is 8. The summed E-state index contributed by atoms with van der Waals surface area (Å²) in [6.07, 6.45) is -5.02. The van der Waals surface area contributed by atoms with Gasteiger partial charge in [0.2, 0.25) is 0 Å². The van der Waals surface area contributed by atoms with Gasteiger partial charge in [-0.15, -0.1) is 0 Å². The molecule has 0 spiro atoms. The van der Waals surface area contributed by atoms with Gasteiger partial charge in [0.25, 0.3) is 0 Å². The number of ether oxygens (including phenoxy) is 1. The molecule has 0 aromatic heterocycles. The van der Waals surface area contributed by atoms with Crippen molar-refractivity contribution in [2.75, 3.05) is 0 Å². The first-order chi connectivity index (χ1) is 14.8. The number of alkyl halides is 3. The summed E-state index contributed by atoms with van der Waals surface area (Å²) in [5.74, 6) is -3.60. The van der Waals surface area contributed by atoms with Crippen LogP contribution in [0.3, 0.4) is 0 Å². The van der Waals surface area contributed by atoms with E-state index >= 15 is 0 Å². The molecular weight excluding hydrogens is 560 g/mol. The summed E-state index contributed by atoms with van der Waals surface area (Å²) in [7, 11) is 0. The van der Waals surface area contributed by atoms with Gasteiger partial charge < -0.3 is 4.74 Å². The van der Waals surface area contributed by atoms with Crippen LogP contribution in [0.15, 0.2) is 39.8 Å². The van der Waals surface area contributed by atoms with Crippen molar-refractivity contribution in [1.82, 2.24) is 0 Å². The van der Waals surface area contributed by atoms with Crippen molar-refractivity contribution in [2.24, 2.45) is 10.9 Å². The van der Waals surface area contributed by atoms with Crippen molar-refractivity contribution in [1.29, 1.82) is 0 Å². The molecule has 1 heterocycles. The second kappa shape index (κ2) is 9.12. The molecule has 0 saturated carbocycles. The van der Waals surface area contributed by atoms with Crippen molar-refractivity contribution >= 4 is 62.9 Å². The maximum Gasteiger partial charge on any atom is 0.404 e. The normalized spacial score (nSPS) is 23.1. The van der Waals surface area contributed by atoms with Crippen LogP contribution < -0.4 is 0 Å². The number of carbonyl (C=O) groups excluding carboxylic acids is 1. The van der Waals surface area contributed by atoms with Crippen LogP contribution in [0, 0.1) is 11.7 Å². The van der Waals surface area contributed by atoms with Gasteiger partial charge in [-0.2, -0.15) is 13.2 Å². The molecule has 0 fully saturated rings. The first-order valence-electron chi connectivity index (χ1n) is 9.21. The minimum Gasteiger partial charge on any atom is -0.463 e. The molecule has 11 heteroatoms. The van der Waals surface area contributed by atoms with Gasteiger partial charge in [-0.1, -0.05) is 40.9 Å². The molecule has 2 aromatic rings. The summed E-state index contributed by atoms with van der Waals surface area (Å²) in [6.45, 7) is 3.03. The van der Waals surface area contributed by atoms with Gasteiger partial charge in [-0.25, -0.2) is 4.39 Å². The van der Waals surface area contributed by atoms with Crippen LogP contribution in [0.5, 0.6) is 0 Å². The molecule has 3 rings (SSSR count). The number of hydrogen-bond acceptors (Lipinski definition) is 3. The van der Waals surface area contributed by atoms with E-state index in [4.69, 9.17) is 39.5 Å². The maximum absolute atomic E-state index is 14.8. The molecule has 32 heavy (non-hydrogen) atoms. The predicted molar refractivity (Wildman–Crippen MR) is 119 cm³/mol. The minimum atomic E-state index is -5.00. The number of nitrogens with zero attached hydrogens (tertiary/aromatic N) is 1. The molecule has 3 nitrogen and oxygen atoms in total. The Balaban J connectivity index is 2.28. The third kappa shape index (κ3) is 4.39. The van der Waals surface area contributed by atoms with E-state index in [2.05, 4.69) is 20.9 Å². The molecule has 172 valence electrons. The van der Waals surface area contributed by atoms with Crippen molar-refractivity contribution in [3.8, 4) is 0 Å². The second-order valence-electron chi connectivity index (χ2n) is 7.48. The molecule has 2 aromatic carbocycles. The van der Waals surface area contributed by atoms with E-state index in [1.807, 2.05) is 0 Å². The number of esters is 1. The summed E-state index contributed by atoms with van der Waals surface area (Å²) < 4.78 is 63.2. The average molecular weight is 576 g/mol. The molecule has 0 amide bonds. The fourth-order valence-corrected chi connectivity index (χ4v) is 4.66. The highest BCUT2D eigenvalue weighted by Crippen LogP contribution is 2.56. The van der Waals surface area contributed by atoms with Gasteiger partial charge in [-0.3, -0.25) is 9.79 Å². The largest absolute Gasteiger partial charge is 0.463 e. The van der Waals surface area contributed by atoms with Crippen LogP contribution in [0.2, 0.25) is 15.1 Å². The number of benzene rings is 2. The molecule has 0 saturated heterocycles. The first-order valence-corrected chi connectivity index (χ1v) is 11.1. The highest BCUT2D eigenvalue weighted by atomic mass is 79.9.